The third-order valence-electron chi connectivity index (χ3n) is 3.74. The Morgan fingerprint density at radius 1 is 1.04 bits per heavy atom. The molecule has 2 amide bonds. The highest BCUT2D eigenvalue weighted by Crippen LogP contribution is 2.15. The third kappa shape index (κ3) is 6.22. The molecule has 6 nitrogen and oxygen atoms in total. The molecule has 0 unspecified atom stereocenters. The zero-order chi connectivity index (χ0) is 20.0. The maximum Gasteiger partial charge on any atom is 0.311 e. The summed E-state index contributed by atoms with van der Waals surface area (Å²) in [6.45, 7) is 4.47. The van der Waals surface area contributed by atoms with Gasteiger partial charge in [-0.15, -0.1) is 0 Å². The number of carbonyl (C=O) groups is 3. The van der Waals surface area contributed by atoms with Gasteiger partial charge in [0, 0.05) is 18.3 Å². The van der Waals surface area contributed by atoms with E-state index < -0.39 is 23.8 Å². The van der Waals surface area contributed by atoms with Crippen LogP contribution in [0.15, 0.2) is 42.5 Å². The Morgan fingerprint density at radius 3 is 2.26 bits per heavy atom. The molecule has 2 N–H and O–H groups in total. The molecule has 0 aliphatic carbocycles. The lowest BCUT2D eigenvalue weighted by Crippen LogP contribution is -2.30. The quantitative estimate of drug-likeness (QED) is 0.763. The van der Waals surface area contributed by atoms with Crippen molar-refractivity contribution >= 4 is 29.2 Å². The van der Waals surface area contributed by atoms with E-state index in [-0.39, 0.29) is 12.3 Å². The van der Waals surface area contributed by atoms with Crippen molar-refractivity contribution in [3.05, 3.63) is 59.4 Å². The topological polar surface area (TPSA) is 84.5 Å². The van der Waals surface area contributed by atoms with Gasteiger partial charge in [0.2, 0.25) is 5.91 Å². The normalized spacial score (nSPS) is 11.4. The maximum absolute atomic E-state index is 13.5. The number of amides is 2. The van der Waals surface area contributed by atoms with Crippen molar-refractivity contribution in [2.75, 3.05) is 10.6 Å². The summed E-state index contributed by atoms with van der Waals surface area (Å²) in [5.74, 6) is -1.73. The van der Waals surface area contributed by atoms with Gasteiger partial charge in [0.05, 0.1) is 6.42 Å². The van der Waals surface area contributed by atoms with Crippen LogP contribution in [0.1, 0.15) is 25.0 Å². The van der Waals surface area contributed by atoms with E-state index in [1.54, 1.807) is 43.3 Å². The molecule has 7 heteroatoms. The second-order valence-electron chi connectivity index (χ2n) is 6.14. The predicted molar refractivity (Wildman–Crippen MR) is 99.8 cm³/mol. The number of halogens is 1. The monoisotopic (exact) mass is 372 g/mol. The van der Waals surface area contributed by atoms with Gasteiger partial charge in [-0.1, -0.05) is 18.2 Å². The Bertz CT molecular complexity index is 850. The molecular weight excluding hydrogens is 351 g/mol. The van der Waals surface area contributed by atoms with E-state index in [2.05, 4.69) is 10.6 Å². The Kier molecular flexibility index (Phi) is 6.65. The van der Waals surface area contributed by atoms with Crippen LogP contribution in [0.5, 0.6) is 0 Å². The van der Waals surface area contributed by atoms with Crippen LogP contribution >= 0.6 is 0 Å². The number of hydrogen-bond acceptors (Lipinski definition) is 4. The van der Waals surface area contributed by atoms with Crippen molar-refractivity contribution < 1.29 is 23.5 Å². The van der Waals surface area contributed by atoms with Crippen molar-refractivity contribution in [1.29, 1.82) is 0 Å². The van der Waals surface area contributed by atoms with Crippen LogP contribution in [0, 0.1) is 12.7 Å². The number of rotatable bonds is 6. The van der Waals surface area contributed by atoms with Gasteiger partial charge in [0.15, 0.2) is 6.10 Å². The summed E-state index contributed by atoms with van der Waals surface area (Å²) in [5, 5.41) is 5.14. The summed E-state index contributed by atoms with van der Waals surface area (Å²) in [6, 6.07) is 11.0. The molecule has 142 valence electrons. The summed E-state index contributed by atoms with van der Waals surface area (Å²) >= 11 is 0. The lowest BCUT2D eigenvalue weighted by Gasteiger charge is -2.14. The summed E-state index contributed by atoms with van der Waals surface area (Å²) in [5.41, 5.74) is 2.07. The van der Waals surface area contributed by atoms with Crippen LogP contribution in [0.4, 0.5) is 15.8 Å². The lowest BCUT2D eigenvalue weighted by molar-refractivity contribution is -0.152. The number of ether oxygens (including phenoxy) is 1. The van der Waals surface area contributed by atoms with Crippen LogP contribution in [0.25, 0.3) is 0 Å². The molecule has 0 radical (unpaired) electrons. The lowest BCUT2D eigenvalue weighted by atomic mass is 10.1. The second kappa shape index (κ2) is 8.93. The van der Waals surface area contributed by atoms with Gasteiger partial charge in [0.1, 0.15) is 5.82 Å². The largest absolute Gasteiger partial charge is 0.452 e. The van der Waals surface area contributed by atoms with Gasteiger partial charge in [0.25, 0.3) is 5.91 Å². The van der Waals surface area contributed by atoms with Gasteiger partial charge in [-0.25, -0.2) is 4.39 Å². The van der Waals surface area contributed by atoms with E-state index in [1.165, 1.54) is 19.9 Å². The fraction of sp³-hybridized carbons (Fsp3) is 0.250. The summed E-state index contributed by atoms with van der Waals surface area (Å²) in [7, 11) is 0. The number of esters is 1. The Balaban J connectivity index is 1.87. The molecule has 0 aromatic heterocycles. The Morgan fingerprint density at radius 2 is 1.67 bits per heavy atom. The van der Waals surface area contributed by atoms with Crippen LogP contribution in [0.2, 0.25) is 0 Å². The number of benzene rings is 2. The fourth-order valence-electron chi connectivity index (χ4n) is 2.28. The zero-order valence-electron chi connectivity index (χ0n) is 15.3. The van der Waals surface area contributed by atoms with Gasteiger partial charge >= 0.3 is 5.97 Å². The average molecular weight is 372 g/mol. The van der Waals surface area contributed by atoms with Gasteiger partial charge in [-0.05, 0) is 49.2 Å². The number of carbonyl (C=O) groups excluding carboxylic acids is 3. The molecular formula is C20H21FN2O4. The summed E-state index contributed by atoms with van der Waals surface area (Å²) in [4.78, 5) is 35.1. The predicted octanol–water partition coefficient (Wildman–Crippen LogP) is 3.21. The third-order valence-corrected chi connectivity index (χ3v) is 3.74. The molecule has 0 heterocycles. The highest BCUT2D eigenvalue weighted by atomic mass is 19.1. The first-order valence-electron chi connectivity index (χ1n) is 8.37. The fourth-order valence-corrected chi connectivity index (χ4v) is 2.28. The SMILES string of the molecule is CC(=O)Nc1ccc(CC(=O)O[C@H](C)C(=O)Nc2ccc(C)c(F)c2)cc1. The number of nitrogens with one attached hydrogen (secondary N) is 2. The van der Waals surface area contributed by atoms with Crippen molar-refractivity contribution in [2.45, 2.75) is 33.3 Å². The highest BCUT2D eigenvalue weighted by Gasteiger charge is 2.18. The van der Waals surface area contributed by atoms with E-state index in [1.807, 2.05) is 0 Å². The van der Waals surface area contributed by atoms with Crippen molar-refractivity contribution in [3.8, 4) is 0 Å². The van der Waals surface area contributed by atoms with Crippen molar-refractivity contribution in [1.82, 2.24) is 0 Å². The van der Waals surface area contributed by atoms with E-state index in [0.29, 0.717) is 22.5 Å². The maximum atomic E-state index is 13.5. The van der Waals surface area contributed by atoms with Gasteiger partial charge in [-0.2, -0.15) is 0 Å². The molecule has 1 atom stereocenters. The summed E-state index contributed by atoms with van der Waals surface area (Å²) < 4.78 is 18.6. The van der Waals surface area contributed by atoms with Crippen LogP contribution < -0.4 is 10.6 Å². The molecule has 0 aliphatic rings. The molecule has 2 rings (SSSR count). The van der Waals surface area contributed by atoms with E-state index in [9.17, 15) is 18.8 Å². The van der Waals surface area contributed by atoms with Crippen molar-refractivity contribution in [2.24, 2.45) is 0 Å². The van der Waals surface area contributed by atoms with E-state index >= 15 is 0 Å². The minimum Gasteiger partial charge on any atom is -0.452 e. The molecule has 0 bridgehead atoms. The minimum absolute atomic E-state index is 0.0167. The average Bonchev–Trinajstić information content (AvgIpc) is 2.59. The first-order chi connectivity index (χ1) is 12.7. The van der Waals surface area contributed by atoms with Crippen LogP contribution in [-0.2, 0) is 25.5 Å². The molecule has 2 aromatic rings. The highest BCUT2D eigenvalue weighted by molar-refractivity contribution is 5.95. The number of aryl methyl sites for hydroxylation is 1. The minimum atomic E-state index is -1.03. The van der Waals surface area contributed by atoms with E-state index in [4.69, 9.17) is 4.74 Å². The first-order valence-corrected chi connectivity index (χ1v) is 8.37. The zero-order valence-corrected chi connectivity index (χ0v) is 15.3. The molecule has 2 aromatic carbocycles. The molecule has 27 heavy (non-hydrogen) atoms. The Hall–Kier alpha value is -3.22. The second-order valence-corrected chi connectivity index (χ2v) is 6.14. The van der Waals surface area contributed by atoms with Gasteiger partial charge in [-0.3, -0.25) is 14.4 Å². The van der Waals surface area contributed by atoms with Crippen molar-refractivity contribution in [3.63, 3.8) is 0 Å². The first kappa shape index (κ1) is 20.1. The van der Waals surface area contributed by atoms with Crippen LogP contribution in [0.3, 0.4) is 0 Å². The molecule has 0 saturated heterocycles. The smallest absolute Gasteiger partial charge is 0.311 e. The molecule has 0 spiro atoms. The van der Waals surface area contributed by atoms with Crippen LogP contribution in [-0.4, -0.2) is 23.9 Å². The number of hydrogen-bond donors (Lipinski definition) is 2. The van der Waals surface area contributed by atoms with Gasteiger partial charge < -0.3 is 15.4 Å². The molecule has 0 aliphatic heterocycles. The summed E-state index contributed by atoms with van der Waals surface area (Å²) in [6.07, 6.45) is -1.04. The molecule has 0 fully saturated rings. The Labute approximate surface area is 156 Å². The molecule has 0 saturated carbocycles. The standard InChI is InChI=1S/C20H21FN2O4/c1-12-4-7-17(11-18(12)21)23-20(26)13(2)27-19(25)10-15-5-8-16(9-6-15)22-14(3)24/h4-9,11,13H,10H2,1-3H3,(H,22,24)(H,23,26)/t13-/m1/s1. The number of anilines is 2. The van der Waals surface area contributed by atoms with E-state index in [0.717, 1.165) is 0 Å².